The smallest absolute Gasteiger partial charge is 0.413 e. The molecule has 1 aliphatic rings. The molecule has 0 fully saturated rings. The number of ether oxygens (including phenoxy) is 1. The number of aliphatic imine (C=N–C) groups is 1. The molecule has 0 saturated heterocycles. The summed E-state index contributed by atoms with van der Waals surface area (Å²) in [7, 11) is 0. The van der Waals surface area contributed by atoms with Gasteiger partial charge in [0.25, 0.3) is 0 Å². The largest absolute Gasteiger partial charge is 0.444 e. The lowest BCUT2D eigenvalue weighted by molar-refractivity contribution is 0.0564. The molecule has 1 aromatic carbocycles. The third-order valence-corrected chi connectivity index (χ3v) is 5.13. The van der Waals surface area contributed by atoms with Gasteiger partial charge in [0.15, 0.2) is 5.17 Å². The number of rotatable bonds is 1. The molecule has 0 saturated carbocycles. The SMILES string of the molecule is C[C@@H]1C[C@@](C)(c2cccc(Br)c2)SC(NC(=O)OC(C)(C)C)=N1. The monoisotopic (exact) mass is 398 g/mol. The van der Waals surface area contributed by atoms with Crippen LogP contribution in [0.15, 0.2) is 33.7 Å². The molecule has 0 aromatic heterocycles. The van der Waals surface area contributed by atoms with Crippen LogP contribution in [0, 0.1) is 0 Å². The molecule has 0 radical (unpaired) electrons. The number of benzene rings is 1. The molecule has 0 bridgehead atoms. The molecule has 23 heavy (non-hydrogen) atoms. The Kier molecular flexibility index (Phi) is 5.46. The second kappa shape index (κ2) is 6.85. The second-order valence-corrected chi connectivity index (χ2v) is 9.37. The summed E-state index contributed by atoms with van der Waals surface area (Å²) in [5.74, 6) is 0. The lowest BCUT2D eigenvalue weighted by atomic mass is 9.93. The Morgan fingerprint density at radius 2 is 2.17 bits per heavy atom. The molecule has 0 spiro atoms. The van der Waals surface area contributed by atoms with E-state index in [1.807, 2.05) is 32.9 Å². The number of thioether (sulfide) groups is 1. The molecular formula is C17H23BrN2O2S. The van der Waals surface area contributed by atoms with E-state index in [1.165, 1.54) is 5.56 Å². The van der Waals surface area contributed by atoms with E-state index < -0.39 is 11.7 Å². The standard InChI is InChI=1S/C17H23BrN2O2S/c1-11-10-17(5,12-7-6-8-13(18)9-12)23-14(19-11)20-15(21)22-16(2,3)4/h6-9,11H,10H2,1-5H3,(H,19,20,21)/t11-,17+/m1/s1. The summed E-state index contributed by atoms with van der Waals surface area (Å²) < 4.78 is 6.22. The lowest BCUT2D eigenvalue weighted by Gasteiger charge is -2.35. The van der Waals surface area contributed by atoms with E-state index in [0.29, 0.717) is 5.17 Å². The van der Waals surface area contributed by atoms with Gasteiger partial charge in [0.1, 0.15) is 5.60 Å². The Balaban J connectivity index is 2.16. The number of alkyl carbamates (subject to hydrolysis) is 1. The van der Waals surface area contributed by atoms with Gasteiger partial charge in [0.05, 0.1) is 6.04 Å². The van der Waals surface area contributed by atoms with E-state index in [9.17, 15) is 4.79 Å². The van der Waals surface area contributed by atoms with Crippen LogP contribution in [0.3, 0.4) is 0 Å². The Hall–Kier alpha value is -1.01. The van der Waals surface area contributed by atoms with Crippen LogP contribution in [0.1, 0.15) is 46.6 Å². The number of amides is 1. The number of amidine groups is 1. The van der Waals surface area contributed by atoms with Gasteiger partial charge in [-0.15, -0.1) is 0 Å². The molecular weight excluding hydrogens is 376 g/mol. The Morgan fingerprint density at radius 3 is 2.78 bits per heavy atom. The number of carbonyl (C=O) groups excluding carboxylic acids is 1. The fourth-order valence-electron chi connectivity index (χ4n) is 2.53. The number of hydrogen-bond acceptors (Lipinski definition) is 4. The first kappa shape index (κ1) is 18.3. The zero-order chi connectivity index (χ0) is 17.3. The van der Waals surface area contributed by atoms with E-state index >= 15 is 0 Å². The molecule has 126 valence electrons. The summed E-state index contributed by atoms with van der Waals surface area (Å²) in [5, 5.41) is 3.40. The van der Waals surface area contributed by atoms with Crippen molar-refractivity contribution in [3.05, 3.63) is 34.3 Å². The predicted octanol–water partition coefficient (Wildman–Crippen LogP) is 5.07. The number of halogens is 1. The van der Waals surface area contributed by atoms with Crippen molar-refractivity contribution in [2.45, 2.75) is 57.4 Å². The van der Waals surface area contributed by atoms with Gasteiger partial charge in [-0.05, 0) is 58.7 Å². The molecule has 1 heterocycles. The van der Waals surface area contributed by atoms with Crippen LogP contribution in [-0.4, -0.2) is 22.9 Å². The summed E-state index contributed by atoms with van der Waals surface area (Å²) >= 11 is 5.10. The van der Waals surface area contributed by atoms with Crippen LogP contribution >= 0.6 is 27.7 Å². The Bertz CT molecular complexity index is 627. The van der Waals surface area contributed by atoms with Crippen LogP contribution < -0.4 is 5.32 Å². The van der Waals surface area contributed by atoms with Crippen LogP contribution in [0.2, 0.25) is 0 Å². The molecule has 1 aliphatic heterocycles. The molecule has 1 aromatic rings. The van der Waals surface area contributed by atoms with Gasteiger partial charge in [-0.2, -0.15) is 0 Å². The zero-order valence-corrected chi connectivity index (χ0v) is 16.5. The summed E-state index contributed by atoms with van der Waals surface area (Å²) in [5.41, 5.74) is 0.686. The van der Waals surface area contributed by atoms with Crippen molar-refractivity contribution in [1.82, 2.24) is 5.32 Å². The van der Waals surface area contributed by atoms with Crippen molar-refractivity contribution in [1.29, 1.82) is 0 Å². The predicted molar refractivity (Wildman–Crippen MR) is 100.0 cm³/mol. The fourth-order valence-corrected chi connectivity index (χ4v) is 4.30. The van der Waals surface area contributed by atoms with Gasteiger partial charge in [-0.25, -0.2) is 4.79 Å². The van der Waals surface area contributed by atoms with E-state index in [4.69, 9.17) is 4.74 Å². The molecule has 0 unspecified atom stereocenters. The first-order valence-electron chi connectivity index (χ1n) is 7.60. The molecule has 1 N–H and O–H groups in total. The van der Waals surface area contributed by atoms with Crippen LogP contribution in [0.25, 0.3) is 0 Å². The molecule has 1 amide bonds. The van der Waals surface area contributed by atoms with Crippen LogP contribution in [-0.2, 0) is 9.48 Å². The molecule has 2 atom stereocenters. The molecule has 4 nitrogen and oxygen atoms in total. The highest BCUT2D eigenvalue weighted by atomic mass is 79.9. The minimum atomic E-state index is -0.525. The highest BCUT2D eigenvalue weighted by molar-refractivity contribution is 9.10. The van der Waals surface area contributed by atoms with Crippen molar-refractivity contribution in [2.75, 3.05) is 0 Å². The van der Waals surface area contributed by atoms with Gasteiger partial charge in [0, 0.05) is 9.22 Å². The van der Waals surface area contributed by atoms with Crippen molar-refractivity contribution < 1.29 is 9.53 Å². The Morgan fingerprint density at radius 1 is 1.48 bits per heavy atom. The third-order valence-electron chi connectivity index (χ3n) is 3.39. The van der Waals surface area contributed by atoms with Crippen molar-refractivity contribution in [2.24, 2.45) is 4.99 Å². The van der Waals surface area contributed by atoms with Gasteiger partial charge < -0.3 is 4.74 Å². The van der Waals surface area contributed by atoms with Gasteiger partial charge in [0.2, 0.25) is 0 Å². The minimum Gasteiger partial charge on any atom is -0.444 e. The van der Waals surface area contributed by atoms with Crippen LogP contribution in [0.4, 0.5) is 4.79 Å². The van der Waals surface area contributed by atoms with Gasteiger partial charge >= 0.3 is 6.09 Å². The van der Waals surface area contributed by atoms with E-state index in [2.05, 4.69) is 52.2 Å². The normalized spacial score (nSPS) is 24.8. The second-order valence-electron chi connectivity index (χ2n) is 6.96. The average molecular weight is 399 g/mol. The number of carbonyl (C=O) groups is 1. The first-order valence-corrected chi connectivity index (χ1v) is 9.21. The number of nitrogens with one attached hydrogen (secondary N) is 1. The Labute approximate surface area is 150 Å². The van der Waals surface area contributed by atoms with Crippen LogP contribution in [0.5, 0.6) is 0 Å². The molecule has 6 heteroatoms. The highest BCUT2D eigenvalue weighted by Gasteiger charge is 2.36. The van der Waals surface area contributed by atoms with E-state index in [-0.39, 0.29) is 10.8 Å². The van der Waals surface area contributed by atoms with Gasteiger partial charge in [-0.1, -0.05) is 39.8 Å². The summed E-state index contributed by atoms with van der Waals surface area (Å²) in [4.78, 5) is 16.6. The van der Waals surface area contributed by atoms with Crippen molar-refractivity contribution >= 4 is 39.0 Å². The zero-order valence-electron chi connectivity index (χ0n) is 14.1. The lowest BCUT2D eigenvalue weighted by Crippen LogP contribution is -2.40. The van der Waals surface area contributed by atoms with Gasteiger partial charge in [-0.3, -0.25) is 10.3 Å². The summed E-state index contributed by atoms with van der Waals surface area (Å²) in [6, 6.07) is 8.40. The first-order chi connectivity index (χ1) is 10.6. The highest BCUT2D eigenvalue weighted by Crippen LogP contribution is 2.44. The maximum absolute atomic E-state index is 12.0. The van der Waals surface area contributed by atoms with Crippen molar-refractivity contribution in [3.63, 3.8) is 0 Å². The maximum atomic E-state index is 12.0. The molecule has 0 aliphatic carbocycles. The summed E-state index contributed by atoms with van der Waals surface area (Å²) in [6.07, 6.45) is 0.447. The number of hydrogen-bond donors (Lipinski definition) is 1. The minimum absolute atomic E-state index is 0.130. The quantitative estimate of drug-likeness (QED) is 0.717. The topological polar surface area (TPSA) is 50.7 Å². The molecule has 2 rings (SSSR count). The summed E-state index contributed by atoms with van der Waals surface area (Å²) in [6.45, 7) is 9.78. The van der Waals surface area contributed by atoms with Crippen molar-refractivity contribution in [3.8, 4) is 0 Å². The fraction of sp³-hybridized carbons (Fsp3) is 0.529. The van der Waals surface area contributed by atoms with E-state index in [0.717, 1.165) is 10.9 Å². The average Bonchev–Trinajstić information content (AvgIpc) is 2.34. The maximum Gasteiger partial charge on any atom is 0.413 e. The third kappa shape index (κ3) is 5.24. The number of nitrogens with zero attached hydrogens (tertiary/aromatic N) is 1. The van der Waals surface area contributed by atoms with E-state index in [1.54, 1.807) is 11.8 Å².